The van der Waals surface area contributed by atoms with E-state index in [-0.39, 0.29) is 6.10 Å². The maximum absolute atomic E-state index is 9.81. The second-order valence-corrected chi connectivity index (χ2v) is 5.14. The molecule has 2 rings (SSSR count). The highest BCUT2D eigenvalue weighted by Gasteiger charge is 2.40. The molecule has 1 fully saturated rings. The molecule has 80 valence electrons. The van der Waals surface area contributed by atoms with Gasteiger partial charge in [-0.1, -0.05) is 18.1 Å². The van der Waals surface area contributed by atoms with Crippen LogP contribution in [0, 0.1) is 5.41 Å². The number of rotatable bonds is 1. The van der Waals surface area contributed by atoms with E-state index in [2.05, 4.69) is 13.8 Å². The van der Waals surface area contributed by atoms with E-state index in [4.69, 9.17) is 0 Å². The quantitative estimate of drug-likeness (QED) is 0.634. The van der Waals surface area contributed by atoms with Gasteiger partial charge in [0.25, 0.3) is 0 Å². The van der Waals surface area contributed by atoms with Gasteiger partial charge in [0.05, 0.1) is 6.10 Å². The van der Waals surface area contributed by atoms with E-state index in [1.807, 2.05) is 0 Å². The fourth-order valence-electron chi connectivity index (χ4n) is 3.55. The molecule has 0 bridgehead atoms. The Bertz CT molecular complexity index is 254. The van der Waals surface area contributed by atoms with Gasteiger partial charge in [-0.2, -0.15) is 0 Å². The standard InChI is InChI=1S/C13H22O/c1-3-13-8-4-5-10(2)12(13)7-6-11(14)9-13/h11,14H,3-9H2,1-2H3. The smallest absolute Gasteiger partial charge is 0.0551 e. The summed E-state index contributed by atoms with van der Waals surface area (Å²) in [7, 11) is 0. The van der Waals surface area contributed by atoms with E-state index in [0.29, 0.717) is 5.41 Å². The van der Waals surface area contributed by atoms with Gasteiger partial charge in [-0.05, 0) is 57.3 Å². The van der Waals surface area contributed by atoms with Gasteiger partial charge >= 0.3 is 0 Å². The Morgan fingerprint density at radius 2 is 2.21 bits per heavy atom. The molecule has 0 saturated heterocycles. The summed E-state index contributed by atoms with van der Waals surface area (Å²) in [5.41, 5.74) is 3.72. The fraction of sp³-hybridized carbons (Fsp3) is 0.846. The Kier molecular flexibility index (Phi) is 2.70. The molecule has 0 aromatic rings. The minimum atomic E-state index is -0.0374. The van der Waals surface area contributed by atoms with E-state index >= 15 is 0 Å². The van der Waals surface area contributed by atoms with Crippen LogP contribution in [0.4, 0.5) is 0 Å². The molecule has 0 spiro atoms. The highest BCUT2D eigenvalue weighted by atomic mass is 16.3. The minimum Gasteiger partial charge on any atom is -0.393 e. The lowest BCUT2D eigenvalue weighted by Crippen LogP contribution is -2.35. The molecule has 1 heteroatoms. The Morgan fingerprint density at radius 3 is 2.93 bits per heavy atom. The van der Waals surface area contributed by atoms with E-state index in [1.54, 1.807) is 11.1 Å². The molecule has 0 aliphatic heterocycles. The molecule has 1 nitrogen and oxygen atoms in total. The third-order valence-electron chi connectivity index (χ3n) is 4.39. The molecular weight excluding hydrogens is 172 g/mol. The molecule has 0 aromatic heterocycles. The topological polar surface area (TPSA) is 20.2 Å². The third kappa shape index (κ3) is 1.52. The SMILES string of the molecule is CCC12CCCC(C)=C1CCC(O)C2. The zero-order valence-corrected chi connectivity index (χ0v) is 9.47. The van der Waals surface area contributed by atoms with Gasteiger partial charge in [-0.25, -0.2) is 0 Å². The van der Waals surface area contributed by atoms with E-state index < -0.39 is 0 Å². The fourth-order valence-corrected chi connectivity index (χ4v) is 3.55. The summed E-state index contributed by atoms with van der Waals surface area (Å²) in [6.45, 7) is 4.59. The maximum atomic E-state index is 9.81. The van der Waals surface area contributed by atoms with Gasteiger partial charge in [0.15, 0.2) is 0 Å². The first-order chi connectivity index (χ1) is 6.68. The van der Waals surface area contributed by atoms with Gasteiger partial charge < -0.3 is 5.11 Å². The average Bonchev–Trinajstić information content (AvgIpc) is 2.17. The number of hydrogen-bond donors (Lipinski definition) is 1. The van der Waals surface area contributed by atoms with Crippen LogP contribution >= 0.6 is 0 Å². The van der Waals surface area contributed by atoms with Gasteiger partial charge in [0.2, 0.25) is 0 Å². The van der Waals surface area contributed by atoms with Crippen molar-refractivity contribution in [2.75, 3.05) is 0 Å². The van der Waals surface area contributed by atoms with Crippen LogP contribution in [0.5, 0.6) is 0 Å². The molecule has 14 heavy (non-hydrogen) atoms. The monoisotopic (exact) mass is 194 g/mol. The van der Waals surface area contributed by atoms with Crippen LogP contribution in [0.1, 0.15) is 58.8 Å². The molecule has 0 heterocycles. The number of fused-ring (bicyclic) bond motifs is 1. The summed E-state index contributed by atoms with van der Waals surface area (Å²) in [5, 5.41) is 9.81. The highest BCUT2D eigenvalue weighted by molar-refractivity contribution is 5.26. The van der Waals surface area contributed by atoms with Crippen molar-refractivity contribution in [2.24, 2.45) is 5.41 Å². The molecule has 0 amide bonds. The van der Waals surface area contributed by atoms with Crippen LogP contribution in [0.25, 0.3) is 0 Å². The first kappa shape index (κ1) is 10.2. The second kappa shape index (κ2) is 3.69. The second-order valence-electron chi connectivity index (χ2n) is 5.14. The van der Waals surface area contributed by atoms with Crippen molar-refractivity contribution in [1.82, 2.24) is 0 Å². The largest absolute Gasteiger partial charge is 0.393 e. The number of aliphatic hydroxyl groups is 1. The summed E-state index contributed by atoms with van der Waals surface area (Å²) in [6.07, 6.45) is 8.29. The Labute approximate surface area is 87.2 Å². The van der Waals surface area contributed by atoms with Crippen molar-refractivity contribution in [3.8, 4) is 0 Å². The van der Waals surface area contributed by atoms with Crippen molar-refractivity contribution >= 4 is 0 Å². The third-order valence-corrected chi connectivity index (χ3v) is 4.39. The lowest BCUT2D eigenvalue weighted by atomic mass is 9.61. The van der Waals surface area contributed by atoms with Crippen LogP contribution < -0.4 is 0 Å². The molecule has 1 saturated carbocycles. The van der Waals surface area contributed by atoms with Gasteiger partial charge in [0, 0.05) is 0 Å². The normalized spacial score (nSPS) is 38.4. The lowest BCUT2D eigenvalue weighted by molar-refractivity contribution is 0.0682. The molecule has 1 N–H and O–H groups in total. The first-order valence-electron chi connectivity index (χ1n) is 6.05. The van der Waals surface area contributed by atoms with E-state index in [9.17, 15) is 5.11 Å². The van der Waals surface area contributed by atoms with E-state index in [1.165, 1.54) is 25.7 Å². The molecule has 2 unspecified atom stereocenters. The predicted octanol–water partition coefficient (Wildman–Crippen LogP) is 3.43. The van der Waals surface area contributed by atoms with Crippen LogP contribution in [-0.4, -0.2) is 11.2 Å². The Morgan fingerprint density at radius 1 is 1.43 bits per heavy atom. The average molecular weight is 194 g/mol. The summed E-state index contributed by atoms with van der Waals surface area (Å²) in [4.78, 5) is 0. The van der Waals surface area contributed by atoms with Crippen molar-refractivity contribution in [2.45, 2.75) is 64.9 Å². The highest BCUT2D eigenvalue weighted by Crippen LogP contribution is 2.51. The minimum absolute atomic E-state index is 0.0374. The Balaban J connectivity index is 2.32. The summed E-state index contributed by atoms with van der Waals surface area (Å²) >= 11 is 0. The molecule has 2 aliphatic rings. The van der Waals surface area contributed by atoms with Crippen molar-refractivity contribution < 1.29 is 5.11 Å². The summed E-state index contributed by atoms with van der Waals surface area (Å²) in [6, 6.07) is 0. The summed E-state index contributed by atoms with van der Waals surface area (Å²) in [5.74, 6) is 0. The van der Waals surface area contributed by atoms with Crippen molar-refractivity contribution in [3.63, 3.8) is 0 Å². The van der Waals surface area contributed by atoms with Crippen molar-refractivity contribution in [3.05, 3.63) is 11.1 Å². The number of allylic oxidation sites excluding steroid dienone is 2. The molecule has 2 aliphatic carbocycles. The van der Waals surface area contributed by atoms with Crippen LogP contribution in [0.3, 0.4) is 0 Å². The van der Waals surface area contributed by atoms with Gasteiger partial charge in [-0.15, -0.1) is 0 Å². The predicted molar refractivity (Wildman–Crippen MR) is 59.1 cm³/mol. The lowest BCUT2D eigenvalue weighted by Gasteiger charge is -2.45. The zero-order valence-electron chi connectivity index (χ0n) is 9.47. The molecule has 0 aromatic carbocycles. The maximum Gasteiger partial charge on any atom is 0.0551 e. The zero-order chi connectivity index (χ0) is 10.2. The molecular formula is C13H22O. The van der Waals surface area contributed by atoms with Gasteiger partial charge in [0.1, 0.15) is 0 Å². The Hall–Kier alpha value is -0.300. The molecule has 2 atom stereocenters. The van der Waals surface area contributed by atoms with Crippen LogP contribution in [0.2, 0.25) is 0 Å². The van der Waals surface area contributed by atoms with Crippen LogP contribution in [-0.2, 0) is 0 Å². The van der Waals surface area contributed by atoms with Gasteiger partial charge in [-0.3, -0.25) is 0 Å². The summed E-state index contributed by atoms with van der Waals surface area (Å²) < 4.78 is 0. The first-order valence-corrected chi connectivity index (χ1v) is 6.05. The number of hydrogen-bond acceptors (Lipinski definition) is 1. The van der Waals surface area contributed by atoms with Crippen molar-refractivity contribution in [1.29, 1.82) is 0 Å². The molecule has 0 radical (unpaired) electrons. The van der Waals surface area contributed by atoms with E-state index in [0.717, 1.165) is 19.3 Å². The number of aliphatic hydroxyl groups excluding tert-OH is 1. The van der Waals surface area contributed by atoms with Crippen LogP contribution in [0.15, 0.2) is 11.1 Å².